The van der Waals surface area contributed by atoms with Crippen molar-refractivity contribution in [1.82, 2.24) is 14.7 Å². The van der Waals surface area contributed by atoms with Gasteiger partial charge in [0.1, 0.15) is 0 Å². The third-order valence-electron chi connectivity index (χ3n) is 6.15. The Bertz CT molecular complexity index is 633. The molecule has 0 bridgehead atoms. The summed E-state index contributed by atoms with van der Waals surface area (Å²) in [6.45, 7) is 8.99. The van der Waals surface area contributed by atoms with Gasteiger partial charge in [0.15, 0.2) is 0 Å². The maximum absolute atomic E-state index is 12.8. The minimum absolute atomic E-state index is 0.156. The van der Waals surface area contributed by atoms with E-state index in [9.17, 15) is 9.59 Å². The van der Waals surface area contributed by atoms with Gasteiger partial charge in [-0.15, -0.1) is 0 Å². The van der Waals surface area contributed by atoms with Crippen molar-refractivity contribution in [2.24, 2.45) is 5.92 Å². The SMILES string of the molecule is CC(C)N(CCC(=O)N1CCN(Cc2ccccc2)CC1)C(=O)C1CCCC1. The smallest absolute Gasteiger partial charge is 0.225 e. The Labute approximate surface area is 169 Å². The summed E-state index contributed by atoms with van der Waals surface area (Å²) in [5, 5.41) is 0. The van der Waals surface area contributed by atoms with Gasteiger partial charge in [0.25, 0.3) is 0 Å². The van der Waals surface area contributed by atoms with Crippen LogP contribution in [0.1, 0.15) is 51.5 Å². The number of hydrogen-bond acceptors (Lipinski definition) is 3. The highest BCUT2D eigenvalue weighted by molar-refractivity contribution is 5.81. The lowest BCUT2D eigenvalue weighted by Crippen LogP contribution is -2.49. The van der Waals surface area contributed by atoms with Crippen molar-refractivity contribution in [3.05, 3.63) is 35.9 Å². The van der Waals surface area contributed by atoms with E-state index in [1.807, 2.05) is 15.9 Å². The summed E-state index contributed by atoms with van der Waals surface area (Å²) < 4.78 is 0. The molecule has 1 aromatic rings. The Morgan fingerprint density at radius 2 is 1.68 bits per heavy atom. The molecule has 5 heteroatoms. The molecular weight excluding hydrogens is 350 g/mol. The Kier molecular flexibility index (Phi) is 7.49. The van der Waals surface area contributed by atoms with E-state index in [1.165, 1.54) is 5.56 Å². The van der Waals surface area contributed by atoms with Gasteiger partial charge in [0.2, 0.25) is 11.8 Å². The molecule has 0 radical (unpaired) electrons. The zero-order valence-corrected chi connectivity index (χ0v) is 17.5. The number of carbonyl (C=O) groups excluding carboxylic acids is 2. The Hall–Kier alpha value is -1.88. The van der Waals surface area contributed by atoms with Crippen LogP contribution in [0.15, 0.2) is 30.3 Å². The molecule has 3 rings (SSSR count). The van der Waals surface area contributed by atoms with Crippen LogP contribution in [0, 0.1) is 5.92 Å². The number of nitrogens with zero attached hydrogens (tertiary/aromatic N) is 3. The lowest BCUT2D eigenvalue weighted by Gasteiger charge is -2.35. The van der Waals surface area contributed by atoms with E-state index in [0.717, 1.165) is 58.4 Å². The maximum atomic E-state index is 12.8. The van der Waals surface area contributed by atoms with Crippen molar-refractivity contribution in [1.29, 1.82) is 0 Å². The molecular formula is C23H35N3O2. The van der Waals surface area contributed by atoms with Gasteiger partial charge in [-0.2, -0.15) is 0 Å². The average Bonchev–Trinajstić information content (AvgIpc) is 3.24. The molecule has 0 aromatic heterocycles. The largest absolute Gasteiger partial charge is 0.340 e. The molecule has 28 heavy (non-hydrogen) atoms. The van der Waals surface area contributed by atoms with Crippen LogP contribution in [0.25, 0.3) is 0 Å². The highest BCUT2D eigenvalue weighted by Crippen LogP contribution is 2.27. The van der Waals surface area contributed by atoms with E-state index < -0.39 is 0 Å². The predicted molar refractivity (Wildman–Crippen MR) is 112 cm³/mol. The summed E-state index contributed by atoms with van der Waals surface area (Å²) in [4.78, 5) is 31.8. The summed E-state index contributed by atoms with van der Waals surface area (Å²) in [7, 11) is 0. The second-order valence-electron chi connectivity index (χ2n) is 8.50. The number of piperazine rings is 1. The van der Waals surface area contributed by atoms with Crippen LogP contribution in [-0.4, -0.2) is 65.3 Å². The second kappa shape index (κ2) is 10.1. The van der Waals surface area contributed by atoms with Crippen molar-refractivity contribution in [2.75, 3.05) is 32.7 Å². The average molecular weight is 386 g/mol. The number of rotatable bonds is 7. The van der Waals surface area contributed by atoms with Gasteiger partial charge in [-0.3, -0.25) is 14.5 Å². The standard InChI is InChI=1S/C23H35N3O2/c1-19(2)26(23(28)21-10-6-7-11-21)13-12-22(27)25-16-14-24(15-17-25)18-20-8-4-3-5-9-20/h3-5,8-9,19,21H,6-7,10-18H2,1-2H3. The lowest BCUT2D eigenvalue weighted by atomic mass is 10.1. The first-order chi connectivity index (χ1) is 13.5. The molecule has 2 fully saturated rings. The monoisotopic (exact) mass is 385 g/mol. The van der Waals surface area contributed by atoms with Gasteiger partial charge < -0.3 is 9.80 Å². The van der Waals surface area contributed by atoms with E-state index in [1.54, 1.807) is 0 Å². The normalized spacial score (nSPS) is 18.6. The molecule has 2 amide bonds. The summed E-state index contributed by atoms with van der Waals surface area (Å²) in [5.41, 5.74) is 1.32. The number of hydrogen-bond donors (Lipinski definition) is 0. The number of carbonyl (C=O) groups is 2. The Morgan fingerprint density at radius 3 is 2.29 bits per heavy atom. The lowest BCUT2D eigenvalue weighted by molar-refractivity contribution is -0.139. The molecule has 1 saturated heterocycles. The second-order valence-corrected chi connectivity index (χ2v) is 8.50. The Balaban J connectivity index is 1.43. The molecule has 0 unspecified atom stereocenters. The molecule has 0 N–H and O–H groups in total. The first-order valence-electron chi connectivity index (χ1n) is 10.9. The molecule has 1 heterocycles. The van der Waals surface area contributed by atoms with Crippen LogP contribution in [0.2, 0.25) is 0 Å². The molecule has 1 saturated carbocycles. The van der Waals surface area contributed by atoms with Gasteiger partial charge in [-0.1, -0.05) is 43.2 Å². The van der Waals surface area contributed by atoms with Crippen molar-refractivity contribution < 1.29 is 9.59 Å². The molecule has 0 spiro atoms. The topological polar surface area (TPSA) is 43.9 Å². The van der Waals surface area contributed by atoms with E-state index >= 15 is 0 Å². The van der Waals surface area contributed by atoms with Gasteiger partial charge in [0, 0.05) is 57.6 Å². The zero-order chi connectivity index (χ0) is 19.9. The summed E-state index contributed by atoms with van der Waals surface area (Å²) in [5.74, 6) is 0.622. The third-order valence-corrected chi connectivity index (χ3v) is 6.15. The van der Waals surface area contributed by atoms with Crippen LogP contribution in [0.4, 0.5) is 0 Å². The summed E-state index contributed by atoms with van der Waals surface area (Å²) >= 11 is 0. The van der Waals surface area contributed by atoms with Crippen LogP contribution in [-0.2, 0) is 16.1 Å². The first-order valence-corrected chi connectivity index (χ1v) is 10.9. The summed E-state index contributed by atoms with van der Waals surface area (Å²) in [6, 6.07) is 10.6. The van der Waals surface area contributed by atoms with E-state index in [0.29, 0.717) is 13.0 Å². The fraction of sp³-hybridized carbons (Fsp3) is 0.652. The van der Waals surface area contributed by atoms with Gasteiger partial charge >= 0.3 is 0 Å². The minimum Gasteiger partial charge on any atom is -0.340 e. The molecule has 154 valence electrons. The summed E-state index contributed by atoms with van der Waals surface area (Å²) in [6.07, 6.45) is 4.79. The highest BCUT2D eigenvalue weighted by atomic mass is 16.2. The molecule has 1 aliphatic carbocycles. The van der Waals surface area contributed by atoms with E-state index in [-0.39, 0.29) is 23.8 Å². The number of amides is 2. The van der Waals surface area contributed by atoms with Gasteiger partial charge in [-0.25, -0.2) is 0 Å². The van der Waals surface area contributed by atoms with Crippen molar-refractivity contribution in [3.63, 3.8) is 0 Å². The van der Waals surface area contributed by atoms with Crippen molar-refractivity contribution >= 4 is 11.8 Å². The number of benzene rings is 1. The third kappa shape index (κ3) is 5.57. The van der Waals surface area contributed by atoms with E-state index in [2.05, 4.69) is 43.0 Å². The minimum atomic E-state index is 0.156. The fourth-order valence-corrected chi connectivity index (χ4v) is 4.40. The fourth-order valence-electron chi connectivity index (χ4n) is 4.40. The van der Waals surface area contributed by atoms with Gasteiger partial charge in [-0.05, 0) is 32.3 Å². The predicted octanol–water partition coefficient (Wildman–Crippen LogP) is 3.15. The first kappa shape index (κ1) is 20.8. The van der Waals surface area contributed by atoms with Crippen LogP contribution < -0.4 is 0 Å². The maximum Gasteiger partial charge on any atom is 0.225 e. The van der Waals surface area contributed by atoms with Crippen LogP contribution in [0.5, 0.6) is 0 Å². The molecule has 2 aliphatic rings. The highest BCUT2D eigenvalue weighted by Gasteiger charge is 2.29. The molecule has 5 nitrogen and oxygen atoms in total. The molecule has 1 aromatic carbocycles. The quantitative estimate of drug-likeness (QED) is 0.724. The van der Waals surface area contributed by atoms with Crippen LogP contribution in [0.3, 0.4) is 0 Å². The van der Waals surface area contributed by atoms with E-state index in [4.69, 9.17) is 0 Å². The van der Waals surface area contributed by atoms with Crippen molar-refractivity contribution in [2.45, 2.75) is 58.5 Å². The van der Waals surface area contributed by atoms with Crippen molar-refractivity contribution in [3.8, 4) is 0 Å². The zero-order valence-electron chi connectivity index (χ0n) is 17.5. The van der Waals surface area contributed by atoms with Gasteiger partial charge in [0.05, 0.1) is 0 Å². The molecule has 0 atom stereocenters. The van der Waals surface area contributed by atoms with Crippen LogP contribution >= 0.6 is 0 Å². The Morgan fingerprint density at radius 1 is 1.04 bits per heavy atom. The molecule has 1 aliphatic heterocycles.